The van der Waals surface area contributed by atoms with E-state index in [1.54, 1.807) is 42.4 Å². The van der Waals surface area contributed by atoms with Gasteiger partial charge in [0.1, 0.15) is 11.6 Å². The number of hydrogen-bond acceptors (Lipinski definition) is 8. The molecular weight excluding hydrogens is 436 g/mol. The first-order valence-electron chi connectivity index (χ1n) is 9.87. The number of aromatic nitrogens is 6. The van der Waals surface area contributed by atoms with Crippen LogP contribution in [0.3, 0.4) is 0 Å². The lowest BCUT2D eigenvalue weighted by molar-refractivity contribution is 0.437. The molecule has 3 heterocycles. The minimum atomic E-state index is -0.796. The zero-order valence-electron chi connectivity index (χ0n) is 16.6. The predicted octanol–water partition coefficient (Wildman–Crippen LogP) is 4.97. The van der Waals surface area contributed by atoms with Gasteiger partial charge in [0.15, 0.2) is 29.0 Å². The number of nitrogens with one attached hydrogen (secondary N) is 2. The van der Waals surface area contributed by atoms with Crippen LogP contribution in [0, 0.1) is 17.6 Å². The Morgan fingerprint density at radius 3 is 2.69 bits per heavy atom. The van der Waals surface area contributed by atoms with E-state index in [1.807, 2.05) is 0 Å². The van der Waals surface area contributed by atoms with Crippen molar-refractivity contribution in [3.05, 3.63) is 60.4 Å². The van der Waals surface area contributed by atoms with Crippen molar-refractivity contribution in [1.29, 1.82) is 0 Å². The summed E-state index contributed by atoms with van der Waals surface area (Å²) >= 11 is 1.68. The molecule has 32 heavy (non-hydrogen) atoms. The summed E-state index contributed by atoms with van der Waals surface area (Å²) in [4.78, 5) is 9.71. The lowest BCUT2D eigenvalue weighted by Crippen LogP contribution is -2.00. The Morgan fingerprint density at radius 1 is 1.06 bits per heavy atom. The molecule has 0 radical (unpaired) electrons. The fraction of sp³-hybridized carbons (Fsp3) is 0.190. The maximum absolute atomic E-state index is 14.2. The number of tetrazole rings is 1. The number of pyridine rings is 2. The van der Waals surface area contributed by atoms with E-state index in [2.05, 4.69) is 35.9 Å². The van der Waals surface area contributed by atoms with Crippen LogP contribution < -0.4 is 10.1 Å². The van der Waals surface area contributed by atoms with Crippen LogP contribution in [0.15, 0.2) is 53.7 Å². The van der Waals surface area contributed by atoms with Crippen molar-refractivity contribution in [3.63, 3.8) is 0 Å². The van der Waals surface area contributed by atoms with Gasteiger partial charge in [-0.15, -0.1) is 16.9 Å². The normalized spacial score (nSPS) is 13.2. The van der Waals surface area contributed by atoms with Crippen LogP contribution in [0.5, 0.6) is 11.5 Å². The smallest absolute Gasteiger partial charge is 0.180 e. The molecule has 5 rings (SSSR count). The Labute approximate surface area is 185 Å². The summed E-state index contributed by atoms with van der Waals surface area (Å²) in [5.74, 6) is 1.82. The zero-order valence-corrected chi connectivity index (χ0v) is 17.4. The minimum Gasteiger partial charge on any atom is -0.450 e. The van der Waals surface area contributed by atoms with Crippen LogP contribution in [0.2, 0.25) is 0 Å². The number of aromatic amines is 1. The molecule has 1 fully saturated rings. The predicted molar refractivity (Wildman–Crippen MR) is 115 cm³/mol. The van der Waals surface area contributed by atoms with E-state index >= 15 is 0 Å². The molecule has 0 bridgehead atoms. The van der Waals surface area contributed by atoms with Gasteiger partial charge in [0.05, 0.1) is 0 Å². The van der Waals surface area contributed by atoms with E-state index in [-0.39, 0.29) is 5.75 Å². The van der Waals surface area contributed by atoms with E-state index in [0.29, 0.717) is 28.8 Å². The van der Waals surface area contributed by atoms with Gasteiger partial charge < -0.3 is 10.1 Å². The minimum absolute atomic E-state index is 0.0956. The quantitative estimate of drug-likeness (QED) is 0.361. The van der Waals surface area contributed by atoms with Crippen LogP contribution in [-0.2, 0) is 0 Å². The highest BCUT2D eigenvalue weighted by Crippen LogP contribution is 2.38. The Morgan fingerprint density at radius 2 is 1.97 bits per heavy atom. The van der Waals surface area contributed by atoms with Gasteiger partial charge in [0, 0.05) is 34.7 Å². The highest BCUT2D eigenvalue weighted by molar-refractivity contribution is 7.99. The molecule has 2 N–H and O–H groups in total. The fourth-order valence-corrected chi connectivity index (χ4v) is 3.94. The number of benzene rings is 1. The van der Waals surface area contributed by atoms with Crippen LogP contribution in [0.1, 0.15) is 12.8 Å². The standard InChI is InChI=1S/C21H17F2N7OS/c22-14-4-5-17(16(23)7-14)31-18-8-15(32-11-12-1-2-12)10-25-21(18)26-19-6-3-13(9-24-19)20-27-29-30-28-20/h3-10,12H,1-2,11H2,(H,24,25,26)(H,27,28,29,30). The van der Waals surface area contributed by atoms with Gasteiger partial charge in [0.25, 0.3) is 0 Å². The van der Waals surface area contributed by atoms with E-state index < -0.39 is 11.6 Å². The van der Waals surface area contributed by atoms with E-state index in [9.17, 15) is 8.78 Å². The molecule has 4 aromatic rings. The summed E-state index contributed by atoms with van der Waals surface area (Å²) in [7, 11) is 0. The summed E-state index contributed by atoms with van der Waals surface area (Å²) < 4.78 is 33.3. The highest BCUT2D eigenvalue weighted by Gasteiger charge is 2.21. The number of H-pyrrole nitrogens is 1. The van der Waals surface area contributed by atoms with Crippen molar-refractivity contribution >= 4 is 23.4 Å². The molecule has 0 spiro atoms. The summed E-state index contributed by atoms with van der Waals surface area (Å²) in [5.41, 5.74) is 0.713. The second-order valence-electron chi connectivity index (χ2n) is 7.26. The molecule has 1 aliphatic rings. The number of ether oxygens (including phenoxy) is 1. The largest absolute Gasteiger partial charge is 0.450 e. The molecule has 11 heteroatoms. The highest BCUT2D eigenvalue weighted by atomic mass is 32.2. The van der Waals surface area contributed by atoms with E-state index in [0.717, 1.165) is 28.7 Å². The van der Waals surface area contributed by atoms with Gasteiger partial charge in [0.2, 0.25) is 0 Å². The first-order chi connectivity index (χ1) is 15.6. The molecule has 1 aromatic carbocycles. The van der Waals surface area contributed by atoms with Crippen LogP contribution in [-0.4, -0.2) is 36.3 Å². The Kier molecular flexibility index (Phi) is 5.63. The molecule has 3 aromatic heterocycles. The van der Waals surface area contributed by atoms with Crippen LogP contribution in [0.25, 0.3) is 11.4 Å². The maximum atomic E-state index is 14.2. The third-order valence-electron chi connectivity index (χ3n) is 4.75. The Balaban J connectivity index is 1.40. The van der Waals surface area contributed by atoms with E-state index in [1.165, 1.54) is 18.9 Å². The fourth-order valence-electron chi connectivity index (χ4n) is 2.86. The Hall–Kier alpha value is -3.60. The number of anilines is 2. The lowest BCUT2D eigenvalue weighted by Gasteiger charge is -2.14. The maximum Gasteiger partial charge on any atom is 0.180 e. The molecule has 0 unspecified atom stereocenters. The average Bonchev–Trinajstić information content (AvgIpc) is 3.47. The van der Waals surface area contributed by atoms with Crippen molar-refractivity contribution < 1.29 is 13.5 Å². The van der Waals surface area contributed by atoms with Gasteiger partial charge in [-0.25, -0.2) is 23.8 Å². The van der Waals surface area contributed by atoms with Crippen molar-refractivity contribution in [2.75, 3.05) is 11.1 Å². The number of rotatable bonds is 8. The molecule has 0 aliphatic heterocycles. The second-order valence-corrected chi connectivity index (χ2v) is 8.35. The van der Waals surface area contributed by atoms with Crippen molar-refractivity contribution in [2.45, 2.75) is 17.7 Å². The zero-order chi connectivity index (χ0) is 21.9. The first-order valence-corrected chi connectivity index (χ1v) is 10.9. The first kappa shape index (κ1) is 20.3. The summed E-state index contributed by atoms with van der Waals surface area (Å²) in [6.45, 7) is 0. The molecule has 8 nitrogen and oxygen atoms in total. The van der Waals surface area contributed by atoms with Crippen molar-refractivity contribution in [1.82, 2.24) is 30.6 Å². The monoisotopic (exact) mass is 453 g/mol. The molecule has 0 amide bonds. The van der Waals surface area contributed by atoms with Crippen LogP contribution in [0.4, 0.5) is 20.4 Å². The van der Waals surface area contributed by atoms with Gasteiger partial charge in [-0.1, -0.05) is 0 Å². The van der Waals surface area contributed by atoms with Gasteiger partial charge >= 0.3 is 0 Å². The summed E-state index contributed by atoms with van der Waals surface area (Å²) in [5, 5.41) is 16.7. The molecule has 0 atom stereocenters. The topological polar surface area (TPSA) is 101 Å². The van der Waals surface area contributed by atoms with E-state index in [4.69, 9.17) is 4.74 Å². The van der Waals surface area contributed by atoms with Gasteiger partial charge in [-0.3, -0.25) is 0 Å². The Bertz CT molecular complexity index is 1220. The molecule has 0 saturated heterocycles. The number of nitrogens with zero attached hydrogens (tertiary/aromatic N) is 5. The summed E-state index contributed by atoms with van der Waals surface area (Å²) in [6, 6.07) is 8.48. The third kappa shape index (κ3) is 4.83. The molecule has 1 aliphatic carbocycles. The number of halogens is 2. The lowest BCUT2D eigenvalue weighted by atomic mass is 10.2. The van der Waals surface area contributed by atoms with Crippen LogP contribution >= 0.6 is 11.8 Å². The number of hydrogen-bond donors (Lipinski definition) is 2. The second kappa shape index (κ2) is 8.87. The molecule has 162 valence electrons. The molecular formula is C21H17F2N7OS. The van der Waals surface area contributed by atoms with Gasteiger partial charge in [-0.2, -0.15) is 0 Å². The van der Waals surface area contributed by atoms with Gasteiger partial charge in [-0.05, 0) is 59.5 Å². The average molecular weight is 453 g/mol. The summed E-state index contributed by atoms with van der Waals surface area (Å²) in [6.07, 6.45) is 5.83. The SMILES string of the molecule is Fc1ccc(Oc2cc(SCC3CC3)cnc2Nc2ccc(-c3nnn[nH]3)cn2)c(F)c1. The van der Waals surface area contributed by atoms with Crippen molar-refractivity contribution in [2.24, 2.45) is 5.92 Å². The third-order valence-corrected chi connectivity index (χ3v) is 5.95. The van der Waals surface area contributed by atoms with Crippen molar-refractivity contribution in [3.8, 4) is 22.9 Å². The molecule has 1 saturated carbocycles. The number of thioether (sulfide) groups is 1.